The summed E-state index contributed by atoms with van der Waals surface area (Å²) in [7, 11) is 0. The quantitative estimate of drug-likeness (QED) is 0.507. The molecule has 3 rings (SSSR count). The summed E-state index contributed by atoms with van der Waals surface area (Å²) < 4.78 is 75.7. The predicted octanol–water partition coefficient (Wildman–Crippen LogP) is 0.160. The molecule has 3 fully saturated rings. The number of hydrogen-bond donors (Lipinski definition) is 0. The van der Waals surface area contributed by atoms with Crippen LogP contribution in [0.15, 0.2) is 0 Å². The fourth-order valence-electron chi connectivity index (χ4n) is 3.65. The number of hydrogen-bond acceptors (Lipinski definition) is 2. The first-order valence-corrected chi connectivity index (χ1v) is 6.09. The number of halogens is 5. The summed E-state index contributed by atoms with van der Waals surface area (Å²) in [6.45, 7) is -4.72. The van der Waals surface area contributed by atoms with Gasteiger partial charge in [0.15, 0.2) is 5.79 Å². The minimum Gasteiger partial charge on any atom is -0.449 e. The fourth-order valence-corrected chi connectivity index (χ4v) is 3.65. The Balaban J connectivity index is 0.00000133. The van der Waals surface area contributed by atoms with Crippen LogP contribution in [0.2, 0.25) is 5.82 Å². The molecule has 0 aromatic heterocycles. The van der Waals surface area contributed by atoms with Crippen LogP contribution in [0.3, 0.4) is 0 Å². The molecule has 2 nitrogen and oxygen atoms in total. The molecule has 2 aliphatic carbocycles. The van der Waals surface area contributed by atoms with Gasteiger partial charge in [0.1, 0.15) is 0 Å². The van der Waals surface area contributed by atoms with Gasteiger partial charge in [-0.2, -0.15) is 0 Å². The Labute approximate surface area is 150 Å². The van der Waals surface area contributed by atoms with E-state index in [1.807, 2.05) is 0 Å². The van der Waals surface area contributed by atoms with Gasteiger partial charge >= 0.3 is 58.4 Å². The maximum atomic E-state index is 13.5. The fraction of sp³-hybridized carbons (Fsp3) is 1.00. The predicted molar refractivity (Wildman–Crippen MR) is 53.3 cm³/mol. The second kappa shape index (κ2) is 4.89. The van der Waals surface area contributed by atoms with E-state index in [1.54, 1.807) is 0 Å². The number of alkyl halides is 2. The van der Waals surface area contributed by atoms with Crippen LogP contribution in [0.25, 0.3) is 0 Å². The van der Waals surface area contributed by atoms with E-state index in [2.05, 4.69) is 0 Å². The molecule has 0 radical (unpaired) electrons. The number of ether oxygens (including phenoxy) is 2. The van der Waals surface area contributed by atoms with Crippen molar-refractivity contribution in [2.45, 2.75) is 43.2 Å². The van der Waals surface area contributed by atoms with Crippen molar-refractivity contribution in [1.82, 2.24) is 0 Å². The molecule has 0 amide bonds. The maximum Gasteiger partial charge on any atom is 1.00 e. The Morgan fingerprint density at radius 3 is 1.74 bits per heavy atom. The van der Waals surface area contributed by atoms with E-state index in [0.29, 0.717) is 13.2 Å². The van der Waals surface area contributed by atoms with Gasteiger partial charge in [0.25, 0.3) is 0 Å². The second-order valence-corrected chi connectivity index (χ2v) is 5.49. The average molecular weight is 310 g/mol. The second-order valence-electron chi connectivity index (χ2n) is 5.49. The Morgan fingerprint density at radius 2 is 1.37 bits per heavy atom. The van der Waals surface area contributed by atoms with Crippen LogP contribution in [0, 0.1) is 5.41 Å². The summed E-state index contributed by atoms with van der Waals surface area (Å²) in [5.41, 5.74) is -1.88. The molecule has 1 aliphatic heterocycles. The van der Waals surface area contributed by atoms with Gasteiger partial charge in [0, 0.05) is 24.1 Å². The summed E-state index contributed by atoms with van der Waals surface area (Å²) in [4.78, 5) is 0. The molecule has 1 unspecified atom stereocenters. The molecule has 19 heavy (non-hydrogen) atoms. The van der Waals surface area contributed by atoms with Gasteiger partial charge < -0.3 is 22.4 Å². The zero-order chi connectivity index (χ0) is 13.2. The van der Waals surface area contributed by atoms with E-state index in [4.69, 9.17) is 9.47 Å². The van der Waals surface area contributed by atoms with E-state index in [0.717, 1.165) is 0 Å². The van der Waals surface area contributed by atoms with Crippen molar-refractivity contribution in [3.63, 3.8) is 0 Å². The van der Waals surface area contributed by atoms with Crippen LogP contribution < -0.4 is 51.4 Å². The minimum absolute atomic E-state index is 0. The molecule has 1 atom stereocenters. The molecule has 0 bridgehead atoms. The van der Waals surface area contributed by atoms with Crippen molar-refractivity contribution >= 4 is 6.98 Å². The normalized spacial score (nSPS) is 39.3. The van der Waals surface area contributed by atoms with Crippen LogP contribution in [-0.4, -0.2) is 31.9 Å². The van der Waals surface area contributed by atoms with E-state index in [9.17, 15) is 21.7 Å². The van der Waals surface area contributed by atoms with E-state index >= 15 is 0 Å². The Morgan fingerprint density at radius 1 is 0.895 bits per heavy atom. The average Bonchev–Trinajstić information content (AvgIpc) is 2.60. The molecular formula is C10H13BF5KO2. The molecule has 0 N–H and O–H groups in total. The van der Waals surface area contributed by atoms with Gasteiger partial charge in [-0.25, -0.2) is 8.78 Å². The van der Waals surface area contributed by atoms with Gasteiger partial charge in [-0.15, -0.1) is 0 Å². The zero-order valence-electron chi connectivity index (χ0n) is 10.6. The van der Waals surface area contributed by atoms with Gasteiger partial charge in [0.2, 0.25) is 5.92 Å². The van der Waals surface area contributed by atoms with E-state index in [-0.39, 0.29) is 77.1 Å². The summed E-state index contributed by atoms with van der Waals surface area (Å²) in [5.74, 6) is -6.93. The molecular weight excluding hydrogens is 297 g/mol. The zero-order valence-corrected chi connectivity index (χ0v) is 13.7. The van der Waals surface area contributed by atoms with Crippen LogP contribution in [0.4, 0.5) is 21.7 Å². The molecule has 0 aromatic carbocycles. The number of rotatable bonds is 1. The first-order chi connectivity index (χ1) is 8.24. The first kappa shape index (κ1) is 16.6. The monoisotopic (exact) mass is 310 g/mol. The van der Waals surface area contributed by atoms with Crippen molar-refractivity contribution in [3.8, 4) is 0 Å². The summed E-state index contributed by atoms with van der Waals surface area (Å²) in [6, 6.07) is 0. The molecule has 2 spiro atoms. The van der Waals surface area contributed by atoms with Crippen molar-refractivity contribution < 1.29 is 82.6 Å². The third-order valence-electron chi connectivity index (χ3n) is 4.66. The molecule has 0 aromatic rings. The van der Waals surface area contributed by atoms with Crippen LogP contribution in [0.5, 0.6) is 0 Å². The van der Waals surface area contributed by atoms with Gasteiger partial charge in [-0.3, -0.25) is 0 Å². The molecule has 3 aliphatic rings. The topological polar surface area (TPSA) is 18.5 Å². The van der Waals surface area contributed by atoms with Crippen molar-refractivity contribution in [3.05, 3.63) is 0 Å². The minimum atomic E-state index is -5.49. The Hall–Kier alpha value is 1.27. The van der Waals surface area contributed by atoms with Crippen molar-refractivity contribution in [2.75, 3.05) is 13.2 Å². The third-order valence-corrected chi connectivity index (χ3v) is 4.66. The summed E-state index contributed by atoms with van der Waals surface area (Å²) >= 11 is 0. The van der Waals surface area contributed by atoms with E-state index in [1.165, 1.54) is 0 Å². The molecule has 104 valence electrons. The standard InChI is InChI=1S/C10H13BF5O2.K/c12-10(13)7(11(14,15)16)8(10)1-3-9(4-2-8)17-5-6-18-9;/h7H,1-6H2;/q-1;+1. The molecule has 1 saturated heterocycles. The molecule has 2 saturated carbocycles. The third kappa shape index (κ3) is 2.37. The Bertz CT molecular complexity index is 359. The Kier molecular flexibility index (Phi) is 4.28. The maximum absolute atomic E-state index is 13.5. The van der Waals surface area contributed by atoms with Crippen molar-refractivity contribution in [2.24, 2.45) is 5.41 Å². The van der Waals surface area contributed by atoms with Gasteiger partial charge in [0.05, 0.1) is 13.2 Å². The molecule has 1 heterocycles. The van der Waals surface area contributed by atoms with E-state index < -0.39 is 29.9 Å². The SMILES string of the molecule is F[B-](F)(F)C1C(F)(F)C12CCC1(CC2)OCCO1.[K+]. The van der Waals surface area contributed by atoms with Crippen LogP contribution in [0.1, 0.15) is 25.7 Å². The van der Waals surface area contributed by atoms with Gasteiger partial charge in [-0.05, 0) is 12.8 Å². The largest absolute Gasteiger partial charge is 1.00 e. The first-order valence-electron chi connectivity index (χ1n) is 6.09. The van der Waals surface area contributed by atoms with Crippen LogP contribution in [-0.2, 0) is 9.47 Å². The molecule has 9 heteroatoms. The van der Waals surface area contributed by atoms with Gasteiger partial charge in [-0.1, -0.05) is 0 Å². The van der Waals surface area contributed by atoms with Crippen molar-refractivity contribution in [1.29, 1.82) is 0 Å². The summed E-state index contributed by atoms with van der Waals surface area (Å²) in [6.07, 6.45) is -0.0889. The smallest absolute Gasteiger partial charge is 0.449 e. The van der Waals surface area contributed by atoms with Crippen LogP contribution >= 0.6 is 0 Å². The summed E-state index contributed by atoms with van der Waals surface area (Å²) in [5, 5.41) is 0.